The van der Waals surface area contributed by atoms with Crippen molar-refractivity contribution in [2.45, 2.75) is 46.1 Å². The Morgan fingerprint density at radius 2 is 2.05 bits per heavy atom. The Labute approximate surface area is 116 Å². The number of sulfonamides is 1. The van der Waals surface area contributed by atoms with Crippen LogP contribution in [0.5, 0.6) is 0 Å². The fourth-order valence-electron chi connectivity index (χ4n) is 2.11. The smallest absolute Gasteiger partial charge is 0.209 e. The van der Waals surface area contributed by atoms with Crippen LogP contribution in [0.3, 0.4) is 0 Å². The molecule has 6 heteroatoms. The first-order valence-corrected chi connectivity index (χ1v) is 8.60. The van der Waals surface area contributed by atoms with Crippen LogP contribution < -0.4 is 5.14 Å². The van der Waals surface area contributed by atoms with Crippen LogP contribution in [-0.4, -0.2) is 40.1 Å². The van der Waals surface area contributed by atoms with E-state index >= 15 is 0 Å². The predicted octanol–water partition coefficient (Wildman–Crippen LogP) is 1.52. The molecule has 1 aliphatic heterocycles. The molecule has 0 spiro atoms. The van der Waals surface area contributed by atoms with Crippen LogP contribution in [0.4, 0.5) is 0 Å². The molecule has 5 nitrogen and oxygen atoms in total. The van der Waals surface area contributed by atoms with E-state index < -0.39 is 10.0 Å². The maximum Gasteiger partial charge on any atom is 0.209 e. The number of rotatable bonds is 6. The Morgan fingerprint density at radius 1 is 1.37 bits per heavy atom. The average Bonchev–Trinajstić information content (AvgIpc) is 2.26. The lowest BCUT2D eigenvalue weighted by Gasteiger charge is -2.30. The molecule has 19 heavy (non-hydrogen) atoms. The third-order valence-corrected chi connectivity index (χ3v) is 4.42. The highest BCUT2D eigenvalue weighted by Crippen LogP contribution is 2.27. The van der Waals surface area contributed by atoms with Crippen molar-refractivity contribution >= 4 is 10.0 Å². The summed E-state index contributed by atoms with van der Waals surface area (Å²) in [4.78, 5) is 0. The van der Waals surface area contributed by atoms with Gasteiger partial charge in [-0.2, -0.15) is 0 Å². The summed E-state index contributed by atoms with van der Waals surface area (Å²) in [6.07, 6.45) is 3.47. The molecule has 114 valence electrons. The number of primary sulfonamides is 1. The van der Waals surface area contributed by atoms with Crippen molar-refractivity contribution in [3.63, 3.8) is 0 Å². The van der Waals surface area contributed by atoms with Gasteiger partial charge in [0.05, 0.1) is 25.1 Å². The molecule has 2 atom stereocenters. The highest BCUT2D eigenvalue weighted by molar-refractivity contribution is 7.89. The Morgan fingerprint density at radius 3 is 2.53 bits per heavy atom. The Balaban J connectivity index is 2.40. The van der Waals surface area contributed by atoms with E-state index in [0.29, 0.717) is 13.2 Å². The SMILES string of the molecule is CC(C)(C)C(COCC1CCCCO1)CS(N)(=O)=O. The molecule has 1 aliphatic rings. The average molecular weight is 293 g/mol. The molecule has 2 unspecified atom stereocenters. The number of ether oxygens (including phenoxy) is 2. The van der Waals surface area contributed by atoms with Gasteiger partial charge in [-0.25, -0.2) is 13.6 Å². The lowest BCUT2D eigenvalue weighted by molar-refractivity contribution is -0.0520. The maximum absolute atomic E-state index is 11.3. The lowest BCUT2D eigenvalue weighted by Crippen LogP contribution is -2.35. The van der Waals surface area contributed by atoms with Crippen LogP contribution in [0.2, 0.25) is 0 Å². The van der Waals surface area contributed by atoms with Crippen LogP contribution in [0, 0.1) is 11.3 Å². The summed E-state index contributed by atoms with van der Waals surface area (Å²) in [7, 11) is -3.47. The predicted molar refractivity (Wildman–Crippen MR) is 75.3 cm³/mol. The highest BCUT2D eigenvalue weighted by Gasteiger charge is 2.29. The molecule has 2 N–H and O–H groups in total. The fraction of sp³-hybridized carbons (Fsp3) is 1.00. The molecule has 1 fully saturated rings. The summed E-state index contributed by atoms with van der Waals surface area (Å²) >= 11 is 0. The second kappa shape index (κ2) is 7.02. The molecule has 0 bridgehead atoms. The normalized spacial score (nSPS) is 23.3. The van der Waals surface area contributed by atoms with Crippen molar-refractivity contribution in [2.75, 3.05) is 25.6 Å². The standard InChI is InChI=1S/C13H27NO4S/c1-13(2,3)11(10-19(14,15)16)8-17-9-12-6-4-5-7-18-12/h11-12H,4-10H2,1-3H3,(H2,14,15,16). The van der Waals surface area contributed by atoms with Crippen LogP contribution >= 0.6 is 0 Å². The van der Waals surface area contributed by atoms with Gasteiger partial charge in [-0.05, 0) is 24.7 Å². The van der Waals surface area contributed by atoms with E-state index in [1.165, 1.54) is 6.42 Å². The van der Waals surface area contributed by atoms with E-state index in [9.17, 15) is 8.42 Å². The first-order valence-electron chi connectivity index (χ1n) is 6.88. The fourth-order valence-corrected chi connectivity index (χ4v) is 3.27. The van der Waals surface area contributed by atoms with Gasteiger partial charge < -0.3 is 9.47 Å². The molecular weight excluding hydrogens is 266 g/mol. The van der Waals surface area contributed by atoms with E-state index in [-0.39, 0.29) is 23.2 Å². The summed E-state index contributed by atoms with van der Waals surface area (Å²) in [5, 5.41) is 5.14. The highest BCUT2D eigenvalue weighted by atomic mass is 32.2. The molecule has 1 heterocycles. The Hall–Kier alpha value is -0.170. The zero-order valence-electron chi connectivity index (χ0n) is 12.2. The number of nitrogens with two attached hydrogens (primary N) is 1. The zero-order chi connectivity index (χ0) is 14.5. The van der Waals surface area contributed by atoms with Gasteiger partial charge in [0.25, 0.3) is 0 Å². The molecule has 0 aromatic heterocycles. The number of hydrogen-bond donors (Lipinski definition) is 1. The van der Waals surface area contributed by atoms with Gasteiger partial charge in [-0.3, -0.25) is 0 Å². The van der Waals surface area contributed by atoms with Crippen molar-refractivity contribution in [3.8, 4) is 0 Å². The lowest BCUT2D eigenvalue weighted by atomic mass is 9.82. The van der Waals surface area contributed by atoms with E-state index in [1.54, 1.807) is 0 Å². The molecule has 0 aromatic carbocycles. The minimum Gasteiger partial charge on any atom is -0.378 e. The molecule has 0 radical (unpaired) electrons. The van der Waals surface area contributed by atoms with Crippen molar-refractivity contribution < 1.29 is 17.9 Å². The van der Waals surface area contributed by atoms with Gasteiger partial charge >= 0.3 is 0 Å². The molecular formula is C13H27NO4S. The van der Waals surface area contributed by atoms with E-state index in [4.69, 9.17) is 14.6 Å². The quantitative estimate of drug-likeness (QED) is 0.805. The van der Waals surface area contributed by atoms with Crippen molar-refractivity contribution in [3.05, 3.63) is 0 Å². The monoisotopic (exact) mass is 293 g/mol. The Kier molecular flexibility index (Phi) is 6.23. The van der Waals surface area contributed by atoms with Gasteiger partial charge in [-0.15, -0.1) is 0 Å². The summed E-state index contributed by atoms with van der Waals surface area (Å²) in [5.41, 5.74) is -0.153. The van der Waals surface area contributed by atoms with Crippen molar-refractivity contribution in [2.24, 2.45) is 16.5 Å². The van der Waals surface area contributed by atoms with Crippen LogP contribution in [0.1, 0.15) is 40.0 Å². The minimum absolute atomic E-state index is 0.0397. The molecule has 1 saturated heterocycles. The Bertz CT molecular complexity index is 355. The van der Waals surface area contributed by atoms with Gasteiger partial charge in [0.1, 0.15) is 0 Å². The summed E-state index contributed by atoms with van der Waals surface area (Å²) in [6, 6.07) is 0. The van der Waals surface area contributed by atoms with E-state index in [0.717, 1.165) is 19.4 Å². The van der Waals surface area contributed by atoms with Crippen LogP contribution in [-0.2, 0) is 19.5 Å². The first-order chi connectivity index (χ1) is 8.68. The molecule has 1 rings (SSSR count). The minimum atomic E-state index is -3.47. The van der Waals surface area contributed by atoms with Crippen molar-refractivity contribution in [1.82, 2.24) is 0 Å². The summed E-state index contributed by atoms with van der Waals surface area (Å²) in [5.74, 6) is -0.145. The topological polar surface area (TPSA) is 78.6 Å². The molecule has 0 aliphatic carbocycles. The maximum atomic E-state index is 11.3. The van der Waals surface area contributed by atoms with Gasteiger partial charge in [0.2, 0.25) is 10.0 Å². The van der Waals surface area contributed by atoms with Gasteiger partial charge in [-0.1, -0.05) is 20.8 Å². The third-order valence-electron chi connectivity index (χ3n) is 3.56. The second-order valence-corrected chi connectivity index (χ2v) is 8.08. The van der Waals surface area contributed by atoms with Crippen LogP contribution in [0.25, 0.3) is 0 Å². The van der Waals surface area contributed by atoms with E-state index in [2.05, 4.69) is 0 Å². The zero-order valence-corrected chi connectivity index (χ0v) is 13.0. The summed E-state index contributed by atoms with van der Waals surface area (Å²) < 4.78 is 33.7. The second-order valence-electron chi connectivity index (χ2n) is 6.42. The van der Waals surface area contributed by atoms with Crippen LogP contribution in [0.15, 0.2) is 0 Å². The molecule has 0 saturated carbocycles. The molecule has 0 amide bonds. The number of hydrogen-bond acceptors (Lipinski definition) is 4. The largest absolute Gasteiger partial charge is 0.378 e. The van der Waals surface area contributed by atoms with Gasteiger partial charge in [0, 0.05) is 12.5 Å². The summed E-state index contributed by atoms with van der Waals surface area (Å²) in [6.45, 7) is 7.75. The van der Waals surface area contributed by atoms with Crippen molar-refractivity contribution in [1.29, 1.82) is 0 Å². The first kappa shape index (κ1) is 16.9. The molecule has 0 aromatic rings. The third kappa shape index (κ3) is 7.25. The van der Waals surface area contributed by atoms with Gasteiger partial charge in [0.15, 0.2) is 0 Å². The van der Waals surface area contributed by atoms with E-state index in [1.807, 2.05) is 20.8 Å².